The maximum Gasteiger partial charge on any atom is 0.307 e. The van der Waals surface area contributed by atoms with E-state index in [1.807, 2.05) is 0 Å². The molecule has 1 aromatic carbocycles. The summed E-state index contributed by atoms with van der Waals surface area (Å²) in [6.07, 6.45) is 0.0289. The van der Waals surface area contributed by atoms with E-state index in [0.29, 0.717) is 12.1 Å². The number of halogens is 2. The van der Waals surface area contributed by atoms with Gasteiger partial charge in [0, 0.05) is 37.6 Å². The van der Waals surface area contributed by atoms with E-state index in [1.54, 1.807) is 0 Å². The van der Waals surface area contributed by atoms with E-state index >= 15 is 0 Å². The number of nitro groups is 1. The number of aliphatic hydroxyl groups is 1. The Morgan fingerprint density at radius 1 is 1.42 bits per heavy atom. The summed E-state index contributed by atoms with van der Waals surface area (Å²) in [7, 11) is 0. The third-order valence-corrected chi connectivity index (χ3v) is 2.97. The van der Waals surface area contributed by atoms with Gasteiger partial charge >= 0.3 is 5.69 Å². The number of carbonyl (C=O) groups excluding carboxylic acids is 1. The first-order chi connectivity index (χ1) is 8.93. The van der Waals surface area contributed by atoms with Crippen LogP contribution in [0.15, 0.2) is 12.1 Å². The lowest BCUT2D eigenvalue weighted by Crippen LogP contribution is -2.26. The Labute approximate surface area is 106 Å². The molecule has 0 aromatic heterocycles. The third kappa shape index (κ3) is 2.39. The molecule has 102 valence electrons. The van der Waals surface area contributed by atoms with Crippen LogP contribution in [0.2, 0.25) is 0 Å². The first kappa shape index (κ1) is 13.3. The van der Waals surface area contributed by atoms with Gasteiger partial charge in [0.2, 0.25) is 11.7 Å². The van der Waals surface area contributed by atoms with Crippen molar-refractivity contribution in [3.8, 4) is 0 Å². The van der Waals surface area contributed by atoms with E-state index in [9.17, 15) is 23.7 Å². The van der Waals surface area contributed by atoms with Crippen molar-refractivity contribution in [2.45, 2.75) is 6.42 Å². The molecule has 0 bridgehead atoms. The first-order valence-corrected chi connectivity index (χ1v) is 5.48. The van der Waals surface area contributed by atoms with Gasteiger partial charge in [0.1, 0.15) is 5.82 Å². The molecule has 6 nitrogen and oxygen atoms in total. The van der Waals surface area contributed by atoms with Crippen molar-refractivity contribution in [2.75, 3.05) is 18.1 Å². The first-order valence-electron chi connectivity index (χ1n) is 5.48. The number of hydrogen-bond acceptors (Lipinski definition) is 4. The highest BCUT2D eigenvalue weighted by Gasteiger charge is 2.33. The van der Waals surface area contributed by atoms with Gasteiger partial charge < -0.3 is 10.0 Å². The highest BCUT2D eigenvalue weighted by Crippen LogP contribution is 2.31. The molecule has 1 amide bonds. The largest absolute Gasteiger partial charge is 0.396 e. The molecule has 8 heteroatoms. The van der Waals surface area contributed by atoms with E-state index in [0.717, 1.165) is 4.90 Å². The molecule has 1 unspecified atom stereocenters. The van der Waals surface area contributed by atoms with Crippen molar-refractivity contribution in [2.24, 2.45) is 5.92 Å². The predicted octanol–water partition coefficient (Wildman–Crippen LogP) is 1.22. The molecular formula is C11H10F2N2O4. The Balaban J connectivity index is 2.42. The number of nitrogens with zero attached hydrogens (tertiary/aromatic N) is 2. The van der Waals surface area contributed by atoms with E-state index < -0.39 is 28.2 Å². The molecule has 19 heavy (non-hydrogen) atoms. The van der Waals surface area contributed by atoms with Crippen LogP contribution in [0.25, 0.3) is 0 Å². The quantitative estimate of drug-likeness (QED) is 0.662. The minimum atomic E-state index is -1.29. The highest BCUT2D eigenvalue weighted by atomic mass is 19.1. The molecule has 1 heterocycles. The average Bonchev–Trinajstić information content (AvgIpc) is 2.70. The normalized spacial score (nSPS) is 19.0. The van der Waals surface area contributed by atoms with E-state index in [4.69, 9.17) is 5.11 Å². The van der Waals surface area contributed by atoms with Crippen LogP contribution in [0.5, 0.6) is 0 Å². The Hall–Kier alpha value is -2.09. The molecule has 2 rings (SSSR count). The fraction of sp³-hybridized carbons (Fsp3) is 0.364. The van der Waals surface area contributed by atoms with Crippen LogP contribution in [-0.4, -0.2) is 29.1 Å². The van der Waals surface area contributed by atoms with Crippen molar-refractivity contribution in [3.63, 3.8) is 0 Å². The van der Waals surface area contributed by atoms with Gasteiger partial charge in [-0.1, -0.05) is 0 Å². The van der Waals surface area contributed by atoms with Crippen molar-refractivity contribution < 1.29 is 23.6 Å². The summed E-state index contributed by atoms with van der Waals surface area (Å²) < 4.78 is 26.8. The van der Waals surface area contributed by atoms with Gasteiger partial charge in [0.25, 0.3) is 0 Å². The van der Waals surface area contributed by atoms with Crippen molar-refractivity contribution >= 4 is 17.3 Å². The Bertz CT molecular complexity index is 550. The summed E-state index contributed by atoms with van der Waals surface area (Å²) in [5, 5.41) is 19.6. The molecule has 1 atom stereocenters. The molecule has 0 radical (unpaired) electrons. The monoisotopic (exact) mass is 272 g/mol. The second-order valence-electron chi connectivity index (χ2n) is 4.27. The maximum atomic E-state index is 13.6. The van der Waals surface area contributed by atoms with E-state index in [1.165, 1.54) is 0 Å². The maximum absolute atomic E-state index is 13.6. The Kier molecular flexibility index (Phi) is 3.43. The summed E-state index contributed by atoms with van der Waals surface area (Å²) in [5.74, 6) is -3.15. The highest BCUT2D eigenvalue weighted by molar-refractivity contribution is 5.96. The molecular weight excluding hydrogens is 262 g/mol. The summed E-state index contributed by atoms with van der Waals surface area (Å²) in [4.78, 5) is 22.3. The number of amides is 1. The summed E-state index contributed by atoms with van der Waals surface area (Å²) in [6, 6.07) is 1.08. The summed E-state index contributed by atoms with van der Waals surface area (Å²) in [5.41, 5.74) is -1.23. The predicted molar refractivity (Wildman–Crippen MR) is 60.6 cm³/mol. The smallest absolute Gasteiger partial charge is 0.307 e. The molecule has 0 saturated carbocycles. The lowest BCUT2D eigenvalue weighted by molar-refractivity contribution is -0.387. The molecule has 1 aromatic rings. The number of anilines is 1. The molecule has 1 aliphatic rings. The van der Waals surface area contributed by atoms with Gasteiger partial charge in [0.05, 0.1) is 10.6 Å². The number of carbonyl (C=O) groups is 1. The van der Waals surface area contributed by atoms with Crippen LogP contribution in [-0.2, 0) is 4.79 Å². The standard InChI is InChI=1S/C11H10F2N2O4/c12-7-2-8(13)10(15(18)19)3-9(7)14-4-6(5-16)1-11(14)17/h2-3,6,16H,1,4-5H2. The zero-order valence-electron chi connectivity index (χ0n) is 9.68. The minimum Gasteiger partial charge on any atom is -0.396 e. The van der Waals surface area contributed by atoms with Crippen LogP contribution in [0.4, 0.5) is 20.2 Å². The van der Waals surface area contributed by atoms with Crippen LogP contribution in [0.1, 0.15) is 6.42 Å². The van der Waals surface area contributed by atoms with Crippen molar-refractivity contribution in [1.82, 2.24) is 0 Å². The van der Waals surface area contributed by atoms with Crippen LogP contribution in [0, 0.1) is 27.7 Å². The average molecular weight is 272 g/mol. The number of aliphatic hydroxyl groups excluding tert-OH is 1. The number of hydrogen-bond donors (Lipinski definition) is 1. The fourth-order valence-electron chi connectivity index (χ4n) is 2.01. The second kappa shape index (κ2) is 4.88. The Morgan fingerprint density at radius 2 is 2.11 bits per heavy atom. The van der Waals surface area contributed by atoms with Crippen LogP contribution < -0.4 is 4.90 Å². The lowest BCUT2D eigenvalue weighted by Gasteiger charge is -2.17. The third-order valence-electron chi connectivity index (χ3n) is 2.97. The second-order valence-corrected chi connectivity index (χ2v) is 4.27. The van der Waals surface area contributed by atoms with Crippen molar-refractivity contribution in [1.29, 1.82) is 0 Å². The molecule has 1 N–H and O–H groups in total. The van der Waals surface area contributed by atoms with Gasteiger partial charge in [-0.25, -0.2) is 4.39 Å². The fourth-order valence-corrected chi connectivity index (χ4v) is 2.01. The molecule has 1 saturated heterocycles. The molecule has 1 fully saturated rings. The number of rotatable bonds is 3. The topological polar surface area (TPSA) is 83.7 Å². The summed E-state index contributed by atoms with van der Waals surface area (Å²) >= 11 is 0. The van der Waals surface area contributed by atoms with Crippen LogP contribution >= 0.6 is 0 Å². The van der Waals surface area contributed by atoms with Gasteiger partial charge in [-0.15, -0.1) is 0 Å². The summed E-state index contributed by atoms with van der Waals surface area (Å²) in [6.45, 7) is -0.192. The lowest BCUT2D eigenvalue weighted by atomic mass is 10.1. The van der Waals surface area contributed by atoms with Gasteiger partial charge in [-0.2, -0.15) is 4.39 Å². The van der Waals surface area contributed by atoms with Gasteiger partial charge in [-0.3, -0.25) is 14.9 Å². The molecule has 1 aliphatic heterocycles. The zero-order valence-corrected chi connectivity index (χ0v) is 9.68. The van der Waals surface area contributed by atoms with E-state index in [-0.39, 0.29) is 31.2 Å². The van der Waals surface area contributed by atoms with Gasteiger partial charge in [-0.05, 0) is 0 Å². The zero-order chi connectivity index (χ0) is 14.2. The molecule has 0 aliphatic carbocycles. The molecule has 0 spiro atoms. The van der Waals surface area contributed by atoms with Gasteiger partial charge in [0.15, 0.2) is 0 Å². The number of benzene rings is 1. The minimum absolute atomic E-state index is 0.0289. The Morgan fingerprint density at radius 3 is 2.63 bits per heavy atom. The van der Waals surface area contributed by atoms with Crippen LogP contribution in [0.3, 0.4) is 0 Å². The van der Waals surface area contributed by atoms with Crippen molar-refractivity contribution in [3.05, 3.63) is 33.9 Å². The SMILES string of the molecule is O=C1CC(CO)CN1c1cc([N+](=O)[O-])c(F)cc1F. The van der Waals surface area contributed by atoms with E-state index in [2.05, 4.69) is 0 Å². The number of nitro benzene ring substituents is 1.